The average Bonchev–Trinajstić information content (AvgIpc) is 2.83. The summed E-state index contributed by atoms with van der Waals surface area (Å²) in [7, 11) is 0. The monoisotopic (exact) mass is 325 g/mol. The lowest BCUT2D eigenvalue weighted by atomic mass is 9.92. The zero-order chi connectivity index (χ0) is 17.2. The number of rotatable bonds is 10. The van der Waals surface area contributed by atoms with Crippen molar-refractivity contribution in [3.8, 4) is 0 Å². The molecule has 0 radical (unpaired) electrons. The maximum absolute atomic E-state index is 12.0. The first-order valence-electron chi connectivity index (χ1n) is 8.84. The number of nitrogens with one attached hydrogen (secondary N) is 3. The molecule has 1 heterocycles. The van der Waals surface area contributed by atoms with Gasteiger partial charge < -0.3 is 16.0 Å². The third-order valence-electron chi connectivity index (χ3n) is 4.47. The fourth-order valence-corrected chi connectivity index (χ4v) is 2.95. The fraction of sp³-hybridized carbons (Fsp3) is 0.824. The second kappa shape index (κ2) is 10.2. The summed E-state index contributed by atoms with van der Waals surface area (Å²) in [5.74, 6) is 0.428. The van der Waals surface area contributed by atoms with E-state index in [0.29, 0.717) is 25.3 Å². The van der Waals surface area contributed by atoms with Gasteiger partial charge in [-0.2, -0.15) is 0 Å². The number of carbonyl (C=O) groups excluding carboxylic acids is 3. The second-order valence-electron chi connectivity index (χ2n) is 6.34. The van der Waals surface area contributed by atoms with Crippen molar-refractivity contribution >= 4 is 17.7 Å². The number of carbonyl (C=O) groups is 3. The van der Waals surface area contributed by atoms with E-state index in [1.54, 1.807) is 0 Å². The Kier molecular flexibility index (Phi) is 8.66. The van der Waals surface area contributed by atoms with Crippen LogP contribution < -0.4 is 16.0 Å². The van der Waals surface area contributed by atoms with E-state index < -0.39 is 6.04 Å². The van der Waals surface area contributed by atoms with E-state index in [-0.39, 0.29) is 23.6 Å². The van der Waals surface area contributed by atoms with Gasteiger partial charge in [0, 0.05) is 25.4 Å². The van der Waals surface area contributed by atoms with Gasteiger partial charge in [0.15, 0.2) is 0 Å². The summed E-state index contributed by atoms with van der Waals surface area (Å²) in [6.45, 7) is 7.15. The van der Waals surface area contributed by atoms with E-state index in [2.05, 4.69) is 16.0 Å². The minimum Gasteiger partial charge on any atom is -0.356 e. The van der Waals surface area contributed by atoms with Crippen LogP contribution in [0.5, 0.6) is 0 Å². The molecule has 0 aromatic heterocycles. The van der Waals surface area contributed by atoms with Crippen molar-refractivity contribution in [1.82, 2.24) is 16.0 Å². The summed E-state index contributed by atoms with van der Waals surface area (Å²) in [6, 6.07) is -0.427. The third-order valence-corrected chi connectivity index (χ3v) is 4.47. The van der Waals surface area contributed by atoms with Crippen LogP contribution in [0.15, 0.2) is 0 Å². The molecule has 0 spiro atoms. The van der Waals surface area contributed by atoms with Gasteiger partial charge in [-0.3, -0.25) is 14.4 Å². The number of unbranched alkanes of at least 4 members (excludes halogenated alkanes) is 1. The van der Waals surface area contributed by atoms with Crippen LogP contribution in [-0.4, -0.2) is 36.9 Å². The highest BCUT2D eigenvalue weighted by Gasteiger charge is 2.29. The van der Waals surface area contributed by atoms with Crippen molar-refractivity contribution in [2.45, 2.75) is 65.3 Å². The molecule has 0 bridgehead atoms. The Hall–Kier alpha value is -1.59. The lowest BCUT2D eigenvalue weighted by Gasteiger charge is -2.17. The van der Waals surface area contributed by atoms with Crippen LogP contribution in [0.4, 0.5) is 0 Å². The average molecular weight is 325 g/mol. The molecule has 1 fully saturated rings. The molecule has 6 heteroatoms. The molecule has 3 unspecified atom stereocenters. The fourth-order valence-electron chi connectivity index (χ4n) is 2.95. The van der Waals surface area contributed by atoms with Gasteiger partial charge in [0.05, 0.1) is 0 Å². The minimum atomic E-state index is -0.427. The predicted octanol–water partition coefficient (Wildman–Crippen LogP) is 1.35. The Labute approximate surface area is 139 Å². The number of likely N-dealkylation sites (N-methyl/N-ethyl adjacent to an activating group) is 1. The smallest absolute Gasteiger partial charge is 0.242 e. The lowest BCUT2D eigenvalue weighted by Crippen LogP contribution is -2.46. The molecule has 1 aliphatic rings. The van der Waals surface area contributed by atoms with E-state index in [9.17, 15) is 14.4 Å². The van der Waals surface area contributed by atoms with Crippen molar-refractivity contribution in [3.63, 3.8) is 0 Å². The van der Waals surface area contributed by atoms with Crippen LogP contribution in [0.25, 0.3) is 0 Å². The van der Waals surface area contributed by atoms with E-state index in [1.165, 1.54) is 0 Å². The van der Waals surface area contributed by atoms with Crippen molar-refractivity contribution in [2.24, 2.45) is 11.8 Å². The molecule has 1 rings (SSSR count). The number of amides is 3. The summed E-state index contributed by atoms with van der Waals surface area (Å²) in [6.07, 6.45) is 4.62. The molecule has 0 aromatic rings. The predicted molar refractivity (Wildman–Crippen MR) is 89.7 cm³/mol. The van der Waals surface area contributed by atoms with E-state index in [4.69, 9.17) is 0 Å². The van der Waals surface area contributed by atoms with Gasteiger partial charge in [0.1, 0.15) is 6.04 Å². The topological polar surface area (TPSA) is 87.3 Å². The SMILES string of the molecule is CCCC(NC(=O)CCCCC1CNC(=O)C1C)C(=O)NCC. The lowest BCUT2D eigenvalue weighted by molar-refractivity contribution is -0.129. The highest BCUT2D eigenvalue weighted by atomic mass is 16.2. The first kappa shape index (κ1) is 19.5. The van der Waals surface area contributed by atoms with Crippen molar-refractivity contribution in [2.75, 3.05) is 13.1 Å². The van der Waals surface area contributed by atoms with Crippen LogP contribution in [0.2, 0.25) is 0 Å². The molecule has 23 heavy (non-hydrogen) atoms. The first-order chi connectivity index (χ1) is 11.0. The van der Waals surface area contributed by atoms with Crippen LogP contribution in [0, 0.1) is 11.8 Å². The number of hydrogen-bond acceptors (Lipinski definition) is 3. The maximum Gasteiger partial charge on any atom is 0.242 e. The van der Waals surface area contributed by atoms with Crippen molar-refractivity contribution in [1.29, 1.82) is 0 Å². The largest absolute Gasteiger partial charge is 0.356 e. The van der Waals surface area contributed by atoms with Crippen molar-refractivity contribution in [3.05, 3.63) is 0 Å². The van der Waals surface area contributed by atoms with E-state index in [1.807, 2.05) is 20.8 Å². The second-order valence-corrected chi connectivity index (χ2v) is 6.34. The van der Waals surface area contributed by atoms with Gasteiger partial charge in [0.2, 0.25) is 17.7 Å². The van der Waals surface area contributed by atoms with Crippen LogP contribution >= 0.6 is 0 Å². The molecule has 6 nitrogen and oxygen atoms in total. The van der Waals surface area contributed by atoms with Gasteiger partial charge in [-0.05, 0) is 32.1 Å². The molecule has 0 saturated carbocycles. The summed E-state index contributed by atoms with van der Waals surface area (Å²) >= 11 is 0. The molecule has 3 N–H and O–H groups in total. The van der Waals surface area contributed by atoms with Gasteiger partial charge in [-0.25, -0.2) is 0 Å². The Morgan fingerprint density at radius 3 is 2.61 bits per heavy atom. The van der Waals surface area contributed by atoms with Gasteiger partial charge in [-0.15, -0.1) is 0 Å². The standard InChI is InChI=1S/C17H31N3O3/c1-4-8-14(17(23)18-5-2)20-15(21)10-7-6-9-13-11-19-16(22)12(13)3/h12-14H,4-11H2,1-3H3,(H,18,23)(H,19,22)(H,20,21). The summed E-state index contributed by atoms with van der Waals surface area (Å²) < 4.78 is 0. The molecule has 0 aromatic carbocycles. The van der Waals surface area contributed by atoms with Crippen molar-refractivity contribution < 1.29 is 14.4 Å². The minimum absolute atomic E-state index is 0.0663. The number of hydrogen-bond donors (Lipinski definition) is 3. The molecule has 0 aliphatic carbocycles. The Morgan fingerprint density at radius 2 is 2.04 bits per heavy atom. The molecule has 132 valence electrons. The van der Waals surface area contributed by atoms with Crippen LogP contribution in [0.1, 0.15) is 59.3 Å². The molecule has 3 atom stereocenters. The van der Waals surface area contributed by atoms with Gasteiger partial charge in [-0.1, -0.05) is 26.7 Å². The Bertz CT molecular complexity index is 412. The van der Waals surface area contributed by atoms with E-state index in [0.717, 1.165) is 32.2 Å². The van der Waals surface area contributed by atoms with E-state index >= 15 is 0 Å². The van der Waals surface area contributed by atoms with Crippen LogP contribution in [0.3, 0.4) is 0 Å². The molecular formula is C17H31N3O3. The highest BCUT2D eigenvalue weighted by molar-refractivity contribution is 5.87. The zero-order valence-electron chi connectivity index (χ0n) is 14.6. The molecule has 1 aliphatic heterocycles. The normalized spacial score (nSPS) is 21.6. The first-order valence-corrected chi connectivity index (χ1v) is 8.84. The van der Waals surface area contributed by atoms with Gasteiger partial charge in [0.25, 0.3) is 0 Å². The summed E-state index contributed by atoms with van der Waals surface area (Å²) in [5.41, 5.74) is 0. The molecular weight excluding hydrogens is 294 g/mol. The quantitative estimate of drug-likeness (QED) is 0.530. The van der Waals surface area contributed by atoms with Gasteiger partial charge >= 0.3 is 0 Å². The molecule has 3 amide bonds. The molecule has 1 saturated heterocycles. The Morgan fingerprint density at radius 1 is 1.30 bits per heavy atom. The van der Waals surface area contributed by atoms with Crippen LogP contribution in [-0.2, 0) is 14.4 Å². The zero-order valence-corrected chi connectivity index (χ0v) is 14.6. The maximum atomic E-state index is 12.0. The highest BCUT2D eigenvalue weighted by Crippen LogP contribution is 2.23. The Balaban J connectivity index is 2.24. The third kappa shape index (κ3) is 6.59. The summed E-state index contributed by atoms with van der Waals surface area (Å²) in [5, 5.41) is 8.46. The summed E-state index contributed by atoms with van der Waals surface area (Å²) in [4.78, 5) is 35.3.